The molecule has 0 amide bonds. The molecule has 0 unspecified atom stereocenters. The summed E-state index contributed by atoms with van der Waals surface area (Å²) in [5.74, 6) is 0.766. The Morgan fingerprint density at radius 2 is 1.67 bits per heavy atom. The second-order valence-electron chi connectivity index (χ2n) is 4.49. The van der Waals surface area contributed by atoms with Crippen molar-refractivity contribution in [2.24, 2.45) is 0 Å². The summed E-state index contributed by atoms with van der Waals surface area (Å²) in [6.45, 7) is 2.37. The van der Waals surface area contributed by atoms with Gasteiger partial charge in [-0.25, -0.2) is 10.0 Å². The van der Waals surface area contributed by atoms with Crippen LogP contribution in [-0.4, -0.2) is 37.2 Å². The zero-order chi connectivity index (χ0) is 10.7. The summed E-state index contributed by atoms with van der Waals surface area (Å²) in [7, 11) is 4.26. The maximum atomic E-state index is 2.42. The number of rotatable bonds is 2. The minimum Gasteiger partial charge on any atom is -0.248 e. The zero-order valence-corrected chi connectivity index (χ0v) is 9.69. The van der Waals surface area contributed by atoms with Gasteiger partial charge in [0.25, 0.3) is 0 Å². The van der Waals surface area contributed by atoms with Crippen LogP contribution in [0.4, 0.5) is 0 Å². The molecule has 0 spiro atoms. The van der Waals surface area contributed by atoms with Gasteiger partial charge >= 0.3 is 0 Å². The molecule has 0 saturated carbocycles. The Balaban J connectivity index is 1.94. The van der Waals surface area contributed by atoms with E-state index in [1.54, 1.807) is 0 Å². The topological polar surface area (TPSA) is 6.48 Å². The Labute approximate surface area is 92.5 Å². The summed E-state index contributed by atoms with van der Waals surface area (Å²) in [5.41, 5.74) is 1.51. The van der Waals surface area contributed by atoms with Gasteiger partial charge in [-0.15, -0.1) is 0 Å². The molecule has 1 saturated heterocycles. The van der Waals surface area contributed by atoms with Crippen LogP contribution in [0.25, 0.3) is 0 Å². The molecule has 0 aromatic heterocycles. The van der Waals surface area contributed by atoms with Crippen molar-refractivity contribution in [1.82, 2.24) is 10.0 Å². The average Bonchev–Trinajstić information content (AvgIpc) is 2.30. The van der Waals surface area contributed by atoms with E-state index < -0.39 is 0 Å². The highest BCUT2D eigenvalue weighted by atomic mass is 15.6. The Morgan fingerprint density at radius 1 is 1.07 bits per heavy atom. The summed E-state index contributed by atoms with van der Waals surface area (Å²) >= 11 is 0. The van der Waals surface area contributed by atoms with Gasteiger partial charge in [-0.3, -0.25) is 0 Å². The molecule has 0 bridgehead atoms. The van der Waals surface area contributed by atoms with E-state index >= 15 is 0 Å². The summed E-state index contributed by atoms with van der Waals surface area (Å²) in [4.78, 5) is 0. The molecule has 1 aromatic carbocycles. The van der Waals surface area contributed by atoms with Crippen LogP contribution < -0.4 is 0 Å². The van der Waals surface area contributed by atoms with Gasteiger partial charge in [0.05, 0.1) is 0 Å². The lowest BCUT2D eigenvalue weighted by Gasteiger charge is -2.36. The van der Waals surface area contributed by atoms with Crippen molar-refractivity contribution >= 4 is 0 Å². The molecule has 1 aliphatic rings. The van der Waals surface area contributed by atoms with Crippen LogP contribution in [0.2, 0.25) is 0 Å². The maximum Gasteiger partial charge on any atom is 0.0139 e. The maximum absolute atomic E-state index is 2.42. The van der Waals surface area contributed by atoms with Crippen molar-refractivity contribution < 1.29 is 0 Å². The number of benzene rings is 1. The lowest BCUT2D eigenvalue weighted by Crippen LogP contribution is -2.42. The predicted molar refractivity (Wildman–Crippen MR) is 63.7 cm³/mol. The monoisotopic (exact) mass is 204 g/mol. The number of hydrogen-bond donors (Lipinski definition) is 0. The quantitative estimate of drug-likeness (QED) is 0.729. The van der Waals surface area contributed by atoms with Gasteiger partial charge in [0.1, 0.15) is 0 Å². The highest BCUT2D eigenvalue weighted by Crippen LogP contribution is 2.27. The van der Waals surface area contributed by atoms with Gasteiger partial charge in [-0.1, -0.05) is 30.3 Å². The van der Waals surface area contributed by atoms with Crippen molar-refractivity contribution in [3.8, 4) is 0 Å². The third-order valence-corrected chi connectivity index (χ3v) is 3.31. The van der Waals surface area contributed by atoms with Crippen molar-refractivity contribution in [3.05, 3.63) is 35.9 Å². The molecule has 1 heterocycles. The number of piperidine rings is 1. The smallest absolute Gasteiger partial charge is 0.0139 e. The van der Waals surface area contributed by atoms with E-state index in [-0.39, 0.29) is 0 Å². The van der Waals surface area contributed by atoms with Crippen LogP contribution >= 0.6 is 0 Å². The van der Waals surface area contributed by atoms with Crippen LogP contribution in [-0.2, 0) is 0 Å². The first kappa shape index (κ1) is 10.7. The summed E-state index contributed by atoms with van der Waals surface area (Å²) in [6, 6.07) is 10.9. The molecule has 0 aliphatic carbocycles. The first-order valence-corrected chi connectivity index (χ1v) is 5.74. The van der Waals surface area contributed by atoms with Crippen LogP contribution in [0.15, 0.2) is 30.3 Å². The van der Waals surface area contributed by atoms with E-state index in [4.69, 9.17) is 0 Å². The molecule has 2 nitrogen and oxygen atoms in total. The fraction of sp³-hybridized carbons (Fsp3) is 0.538. The van der Waals surface area contributed by atoms with Crippen molar-refractivity contribution in [2.45, 2.75) is 18.8 Å². The van der Waals surface area contributed by atoms with Crippen molar-refractivity contribution in [2.75, 3.05) is 27.2 Å². The van der Waals surface area contributed by atoms with Gasteiger partial charge in [-0.2, -0.15) is 0 Å². The average molecular weight is 204 g/mol. The second-order valence-corrected chi connectivity index (χ2v) is 4.49. The van der Waals surface area contributed by atoms with Gasteiger partial charge in [0, 0.05) is 27.2 Å². The molecule has 82 valence electrons. The van der Waals surface area contributed by atoms with Crippen LogP contribution in [0.1, 0.15) is 24.3 Å². The first-order valence-electron chi connectivity index (χ1n) is 5.74. The van der Waals surface area contributed by atoms with E-state index in [0.29, 0.717) is 0 Å². The van der Waals surface area contributed by atoms with E-state index in [0.717, 1.165) is 5.92 Å². The van der Waals surface area contributed by atoms with Crippen LogP contribution in [0.5, 0.6) is 0 Å². The highest BCUT2D eigenvalue weighted by molar-refractivity contribution is 5.19. The lowest BCUT2D eigenvalue weighted by atomic mass is 9.90. The van der Waals surface area contributed by atoms with E-state index in [9.17, 15) is 0 Å². The molecule has 0 N–H and O–H groups in total. The molecule has 1 aromatic rings. The van der Waals surface area contributed by atoms with Crippen LogP contribution in [0.3, 0.4) is 0 Å². The summed E-state index contributed by atoms with van der Waals surface area (Å²) in [6.07, 6.45) is 2.56. The van der Waals surface area contributed by atoms with E-state index in [2.05, 4.69) is 54.4 Å². The Kier molecular flexibility index (Phi) is 3.39. The largest absolute Gasteiger partial charge is 0.248 e. The summed E-state index contributed by atoms with van der Waals surface area (Å²) in [5, 5.41) is 4.63. The minimum absolute atomic E-state index is 0.766. The van der Waals surface area contributed by atoms with Crippen LogP contribution in [0, 0.1) is 0 Å². The molecule has 2 heteroatoms. The SMILES string of the molecule is CN(C)N1CCC(c2ccccc2)CC1. The molecule has 1 fully saturated rings. The molecule has 1 aliphatic heterocycles. The Bertz CT molecular complexity index is 287. The molecule has 15 heavy (non-hydrogen) atoms. The van der Waals surface area contributed by atoms with Gasteiger partial charge in [0.15, 0.2) is 0 Å². The molecule has 0 atom stereocenters. The third kappa shape index (κ3) is 2.58. The Morgan fingerprint density at radius 3 is 2.20 bits per heavy atom. The van der Waals surface area contributed by atoms with Crippen molar-refractivity contribution in [1.29, 1.82) is 0 Å². The van der Waals surface area contributed by atoms with Gasteiger partial charge in [-0.05, 0) is 24.3 Å². The predicted octanol–water partition coefficient (Wildman–Crippen LogP) is 2.34. The second kappa shape index (κ2) is 4.77. The summed E-state index contributed by atoms with van der Waals surface area (Å²) < 4.78 is 0. The number of hydrazine groups is 1. The first-order chi connectivity index (χ1) is 7.27. The normalized spacial score (nSPS) is 19.7. The third-order valence-electron chi connectivity index (χ3n) is 3.31. The molecule has 0 radical (unpaired) electrons. The molecular formula is C13H20N2. The fourth-order valence-electron chi connectivity index (χ4n) is 2.32. The minimum atomic E-state index is 0.766. The van der Waals surface area contributed by atoms with E-state index in [1.165, 1.54) is 31.5 Å². The number of hydrogen-bond acceptors (Lipinski definition) is 2. The molecule has 2 rings (SSSR count). The Hall–Kier alpha value is -0.860. The zero-order valence-electron chi connectivity index (χ0n) is 9.69. The lowest BCUT2D eigenvalue weighted by molar-refractivity contribution is 0.00232. The molecular weight excluding hydrogens is 184 g/mol. The number of nitrogens with zero attached hydrogens (tertiary/aromatic N) is 2. The van der Waals surface area contributed by atoms with E-state index in [1.807, 2.05) is 0 Å². The van der Waals surface area contributed by atoms with Gasteiger partial charge in [0.2, 0.25) is 0 Å². The van der Waals surface area contributed by atoms with Crippen molar-refractivity contribution in [3.63, 3.8) is 0 Å². The fourth-order valence-corrected chi connectivity index (χ4v) is 2.32. The highest BCUT2D eigenvalue weighted by Gasteiger charge is 2.20. The van der Waals surface area contributed by atoms with Gasteiger partial charge < -0.3 is 0 Å². The standard InChI is InChI=1S/C13H20N2/c1-14(2)15-10-8-13(9-11-15)12-6-4-3-5-7-12/h3-7,13H,8-11H2,1-2H3.